The Bertz CT molecular complexity index is 321. The molecule has 1 unspecified atom stereocenters. The minimum Gasteiger partial charge on any atom is -0.387 e. The summed E-state index contributed by atoms with van der Waals surface area (Å²) < 4.78 is 0. The van der Waals surface area contributed by atoms with Gasteiger partial charge in [-0.15, -0.1) is 0 Å². The van der Waals surface area contributed by atoms with Crippen molar-refractivity contribution in [1.82, 2.24) is 14.9 Å². The second-order valence-corrected chi connectivity index (χ2v) is 4.67. The summed E-state index contributed by atoms with van der Waals surface area (Å²) in [6.07, 6.45) is 3.49. The first-order valence-electron chi connectivity index (χ1n) is 5.29. The molecule has 0 aliphatic carbocycles. The first kappa shape index (κ1) is 12.9. The summed E-state index contributed by atoms with van der Waals surface area (Å²) in [6.45, 7) is 4.74. The Labute approximate surface area is 96.5 Å². The van der Waals surface area contributed by atoms with Gasteiger partial charge in [-0.2, -0.15) is 0 Å². The van der Waals surface area contributed by atoms with Gasteiger partial charge < -0.3 is 15.3 Å². The zero-order valence-corrected chi connectivity index (χ0v) is 10.4. The number of hydrogen-bond donors (Lipinski definition) is 2. The van der Waals surface area contributed by atoms with Crippen LogP contribution in [0.3, 0.4) is 0 Å². The van der Waals surface area contributed by atoms with Gasteiger partial charge in [0.1, 0.15) is 0 Å². The van der Waals surface area contributed by atoms with Crippen LogP contribution in [0.5, 0.6) is 0 Å². The second kappa shape index (κ2) is 5.23. The van der Waals surface area contributed by atoms with E-state index in [1.165, 1.54) is 0 Å². The summed E-state index contributed by atoms with van der Waals surface area (Å²) in [4.78, 5) is 10.2. The zero-order valence-electron chi connectivity index (χ0n) is 10.4. The van der Waals surface area contributed by atoms with Gasteiger partial charge in [-0.3, -0.25) is 0 Å². The molecule has 2 N–H and O–H groups in total. The summed E-state index contributed by atoms with van der Waals surface area (Å²) in [6, 6.07) is 0. The van der Waals surface area contributed by atoms with E-state index in [4.69, 9.17) is 0 Å². The van der Waals surface area contributed by atoms with Crippen LogP contribution in [-0.4, -0.2) is 52.8 Å². The molecule has 0 bridgehead atoms. The van der Waals surface area contributed by atoms with E-state index in [9.17, 15) is 5.11 Å². The molecule has 0 aromatic carbocycles. The first-order valence-corrected chi connectivity index (χ1v) is 5.29. The van der Waals surface area contributed by atoms with E-state index < -0.39 is 5.60 Å². The van der Waals surface area contributed by atoms with Crippen molar-refractivity contribution < 1.29 is 5.11 Å². The Morgan fingerprint density at radius 1 is 1.38 bits per heavy atom. The zero-order chi connectivity index (χ0) is 12.2. The third kappa shape index (κ3) is 4.55. The normalized spacial score (nSPS) is 14.9. The highest BCUT2D eigenvalue weighted by Gasteiger charge is 2.21. The molecule has 1 rings (SSSR count). The third-order valence-corrected chi connectivity index (χ3v) is 2.07. The van der Waals surface area contributed by atoms with Crippen LogP contribution in [0.2, 0.25) is 0 Å². The SMILES string of the molecule is Cc1cnc(NCC(C)(O)CN(C)C)nc1. The highest BCUT2D eigenvalue weighted by atomic mass is 16.3. The lowest BCUT2D eigenvalue weighted by molar-refractivity contribution is 0.0458. The molecule has 0 fully saturated rings. The number of aromatic nitrogens is 2. The van der Waals surface area contributed by atoms with Gasteiger partial charge in [0, 0.05) is 25.5 Å². The van der Waals surface area contributed by atoms with Gasteiger partial charge in [0.2, 0.25) is 5.95 Å². The van der Waals surface area contributed by atoms with E-state index in [0.29, 0.717) is 19.0 Å². The molecule has 0 saturated heterocycles. The fraction of sp³-hybridized carbons (Fsp3) is 0.636. The fourth-order valence-electron chi connectivity index (χ4n) is 1.49. The minimum atomic E-state index is -0.794. The number of hydrogen-bond acceptors (Lipinski definition) is 5. The molecule has 0 aliphatic rings. The van der Waals surface area contributed by atoms with Crippen LogP contribution in [-0.2, 0) is 0 Å². The molecule has 0 saturated carbocycles. The number of aliphatic hydroxyl groups is 1. The molecule has 0 radical (unpaired) electrons. The quantitative estimate of drug-likeness (QED) is 0.763. The van der Waals surface area contributed by atoms with Gasteiger partial charge in [0.15, 0.2) is 0 Å². The average molecular weight is 224 g/mol. The predicted octanol–water partition coefficient (Wildman–Crippen LogP) is 0.510. The van der Waals surface area contributed by atoms with E-state index in [1.807, 2.05) is 25.9 Å². The number of nitrogens with zero attached hydrogens (tertiary/aromatic N) is 3. The van der Waals surface area contributed by atoms with Crippen molar-refractivity contribution in [2.24, 2.45) is 0 Å². The van der Waals surface area contributed by atoms with Crippen molar-refractivity contribution in [2.45, 2.75) is 19.4 Å². The topological polar surface area (TPSA) is 61.3 Å². The number of rotatable bonds is 5. The maximum atomic E-state index is 10.0. The van der Waals surface area contributed by atoms with E-state index in [2.05, 4.69) is 15.3 Å². The molecule has 1 atom stereocenters. The number of anilines is 1. The summed E-state index contributed by atoms with van der Waals surface area (Å²) in [5.74, 6) is 0.546. The molecule has 0 spiro atoms. The lowest BCUT2D eigenvalue weighted by Crippen LogP contribution is -2.43. The van der Waals surface area contributed by atoms with Crippen molar-refractivity contribution in [3.8, 4) is 0 Å². The standard InChI is InChI=1S/C11H20N4O/c1-9-5-12-10(13-6-9)14-7-11(2,16)8-15(3)4/h5-6,16H,7-8H2,1-4H3,(H,12,13,14). The summed E-state index contributed by atoms with van der Waals surface area (Å²) in [5, 5.41) is 13.1. The Morgan fingerprint density at radius 3 is 2.44 bits per heavy atom. The number of nitrogens with one attached hydrogen (secondary N) is 1. The Morgan fingerprint density at radius 2 is 1.94 bits per heavy atom. The van der Waals surface area contributed by atoms with Crippen LogP contribution >= 0.6 is 0 Å². The largest absolute Gasteiger partial charge is 0.387 e. The molecule has 16 heavy (non-hydrogen) atoms. The highest BCUT2D eigenvalue weighted by Crippen LogP contribution is 2.06. The Balaban J connectivity index is 2.47. The predicted molar refractivity (Wildman–Crippen MR) is 64.4 cm³/mol. The molecular weight excluding hydrogens is 204 g/mol. The summed E-state index contributed by atoms with van der Waals surface area (Å²) in [5.41, 5.74) is 0.225. The average Bonchev–Trinajstić information content (AvgIpc) is 2.15. The molecule has 1 heterocycles. The molecule has 0 aliphatic heterocycles. The van der Waals surface area contributed by atoms with Crippen LogP contribution in [0.15, 0.2) is 12.4 Å². The first-order chi connectivity index (χ1) is 7.39. The molecular formula is C11H20N4O. The number of likely N-dealkylation sites (N-methyl/N-ethyl adjacent to an activating group) is 1. The van der Waals surface area contributed by atoms with Gasteiger partial charge in [-0.1, -0.05) is 0 Å². The molecule has 1 aromatic heterocycles. The van der Waals surface area contributed by atoms with Gasteiger partial charge in [0.05, 0.1) is 5.60 Å². The van der Waals surface area contributed by atoms with Crippen molar-refractivity contribution in [2.75, 3.05) is 32.5 Å². The van der Waals surface area contributed by atoms with Crippen molar-refractivity contribution in [3.63, 3.8) is 0 Å². The minimum absolute atomic E-state index is 0.425. The highest BCUT2D eigenvalue weighted by molar-refractivity contribution is 5.24. The third-order valence-electron chi connectivity index (χ3n) is 2.07. The van der Waals surface area contributed by atoms with Crippen LogP contribution in [0.25, 0.3) is 0 Å². The van der Waals surface area contributed by atoms with Gasteiger partial charge in [0.25, 0.3) is 0 Å². The number of aryl methyl sites for hydroxylation is 1. The Kier molecular flexibility index (Phi) is 4.20. The fourth-order valence-corrected chi connectivity index (χ4v) is 1.49. The van der Waals surface area contributed by atoms with Gasteiger partial charge >= 0.3 is 0 Å². The Hall–Kier alpha value is -1.20. The van der Waals surface area contributed by atoms with Crippen LogP contribution in [0, 0.1) is 6.92 Å². The summed E-state index contributed by atoms with van der Waals surface area (Å²) >= 11 is 0. The van der Waals surface area contributed by atoms with E-state index in [0.717, 1.165) is 5.56 Å². The van der Waals surface area contributed by atoms with Gasteiger partial charge in [-0.05, 0) is 33.5 Å². The van der Waals surface area contributed by atoms with Crippen LogP contribution in [0.1, 0.15) is 12.5 Å². The second-order valence-electron chi connectivity index (χ2n) is 4.67. The molecule has 5 nitrogen and oxygen atoms in total. The molecule has 5 heteroatoms. The smallest absolute Gasteiger partial charge is 0.222 e. The van der Waals surface area contributed by atoms with Crippen molar-refractivity contribution in [3.05, 3.63) is 18.0 Å². The van der Waals surface area contributed by atoms with Crippen molar-refractivity contribution >= 4 is 5.95 Å². The monoisotopic (exact) mass is 224 g/mol. The lowest BCUT2D eigenvalue weighted by Gasteiger charge is -2.26. The van der Waals surface area contributed by atoms with Gasteiger partial charge in [-0.25, -0.2) is 9.97 Å². The molecule has 1 aromatic rings. The maximum absolute atomic E-state index is 10.0. The van der Waals surface area contributed by atoms with E-state index in [-0.39, 0.29) is 0 Å². The molecule has 90 valence electrons. The van der Waals surface area contributed by atoms with Crippen molar-refractivity contribution in [1.29, 1.82) is 0 Å². The molecule has 0 amide bonds. The van der Waals surface area contributed by atoms with Crippen LogP contribution in [0.4, 0.5) is 5.95 Å². The van der Waals surface area contributed by atoms with Crippen LogP contribution < -0.4 is 5.32 Å². The van der Waals surface area contributed by atoms with E-state index >= 15 is 0 Å². The summed E-state index contributed by atoms with van der Waals surface area (Å²) in [7, 11) is 3.85. The maximum Gasteiger partial charge on any atom is 0.222 e. The van der Waals surface area contributed by atoms with E-state index in [1.54, 1.807) is 19.3 Å². The lowest BCUT2D eigenvalue weighted by atomic mass is 10.1.